The Morgan fingerprint density at radius 3 is 2.70 bits per heavy atom. The van der Waals surface area contributed by atoms with Crippen LogP contribution in [0, 0.1) is 17.6 Å². The molecular weight excluding hydrogens is 352 g/mol. The van der Waals surface area contributed by atoms with Gasteiger partial charge in [-0.2, -0.15) is 5.10 Å². The second kappa shape index (κ2) is 7.85. The first-order chi connectivity index (χ1) is 12.9. The van der Waals surface area contributed by atoms with Crippen molar-refractivity contribution >= 4 is 23.1 Å². The van der Waals surface area contributed by atoms with E-state index in [1.165, 1.54) is 6.07 Å². The Morgan fingerprint density at radius 1 is 1.30 bits per heavy atom. The molecule has 1 aromatic carbocycles. The average molecular weight is 375 g/mol. The Bertz CT molecular complexity index is 877. The molecule has 0 saturated heterocycles. The molecule has 3 rings (SSSR count). The largest absolute Gasteiger partial charge is 0.365 e. The number of aliphatic imine (C=N–C) groups is 1. The van der Waals surface area contributed by atoms with Gasteiger partial charge in [0.1, 0.15) is 5.56 Å². The number of aromatic nitrogens is 2. The number of rotatable bonds is 5. The van der Waals surface area contributed by atoms with E-state index in [-0.39, 0.29) is 29.0 Å². The second-order valence-corrected chi connectivity index (χ2v) is 6.81. The molecule has 0 bridgehead atoms. The van der Waals surface area contributed by atoms with Crippen molar-refractivity contribution in [3.05, 3.63) is 41.6 Å². The van der Waals surface area contributed by atoms with Crippen LogP contribution < -0.4 is 11.1 Å². The van der Waals surface area contributed by atoms with Crippen molar-refractivity contribution in [2.75, 3.05) is 12.4 Å². The van der Waals surface area contributed by atoms with Gasteiger partial charge in [-0.25, -0.2) is 8.78 Å². The minimum Gasteiger partial charge on any atom is -0.365 e. The van der Waals surface area contributed by atoms with Gasteiger partial charge >= 0.3 is 0 Å². The standard InChI is InChI=1S/C19H23F2N5O/c1-11(23-2)13-5-3-4-6-17(13)26-10-14(18(22)27)19(25-26)24-12-7-8-15(20)16(21)9-12/h7-10,13,17H,3-6H2,1-2H3,(H2,22,27)(H,24,25). The fourth-order valence-electron chi connectivity index (χ4n) is 3.63. The van der Waals surface area contributed by atoms with Crippen LogP contribution in [-0.4, -0.2) is 28.4 Å². The molecule has 1 amide bonds. The highest BCUT2D eigenvalue weighted by atomic mass is 19.2. The summed E-state index contributed by atoms with van der Waals surface area (Å²) in [4.78, 5) is 16.2. The summed E-state index contributed by atoms with van der Waals surface area (Å²) in [5.41, 5.74) is 7.03. The number of nitrogens with zero attached hydrogens (tertiary/aromatic N) is 3. The molecule has 1 aliphatic carbocycles. The molecule has 2 aromatic rings. The zero-order valence-electron chi connectivity index (χ0n) is 15.4. The van der Waals surface area contributed by atoms with Crippen LogP contribution in [0.5, 0.6) is 0 Å². The van der Waals surface area contributed by atoms with E-state index in [1.807, 2.05) is 6.92 Å². The van der Waals surface area contributed by atoms with Gasteiger partial charge in [-0.05, 0) is 31.9 Å². The Kier molecular flexibility index (Phi) is 5.53. The predicted octanol–water partition coefficient (Wildman–Crippen LogP) is 3.83. The van der Waals surface area contributed by atoms with Crippen molar-refractivity contribution in [1.82, 2.24) is 9.78 Å². The highest BCUT2D eigenvalue weighted by molar-refractivity contribution is 5.98. The summed E-state index contributed by atoms with van der Waals surface area (Å²) in [5, 5.41) is 7.37. The van der Waals surface area contributed by atoms with Crippen LogP contribution in [0.15, 0.2) is 29.4 Å². The maximum absolute atomic E-state index is 13.5. The van der Waals surface area contributed by atoms with Gasteiger partial charge in [0.2, 0.25) is 0 Å². The smallest absolute Gasteiger partial charge is 0.254 e. The van der Waals surface area contributed by atoms with Crippen molar-refractivity contribution in [3.63, 3.8) is 0 Å². The number of primary amides is 1. The third-order valence-corrected chi connectivity index (χ3v) is 5.14. The van der Waals surface area contributed by atoms with Gasteiger partial charge < -0.3 is 11.1 Å². The minimum atomic E-state index is -0.984. The lowest BCUT2D eigenvalue weighted by atomic mass is 9.82. The molecule has 6 nitrogen and oxygen atoms in total. The number of hydrogen-bond acceptors (Lipinski definition) is 4. The maximum atomic E-state index is 13.5. The molecule has 1 heterocycles. The van der Waals surface area contributed by atoms with Crippen molar-refractivity contribution in [2.45, 2.75) is 38.6 Å². The topological polar surface area (TPSA) is 85.3 Å². The lowest BCUT2D eigenvalue weighted by Gasteiger charge is -2.31. The maximum Gasteiger partial charge on any atom is 0.254 e. The summed E-state index contributed by atoms with van der Waals surface area (Å²) in [6.07, 6.45) is 5.73. The molecule has 1 saturated carbocycles. The van der Waals surface area contributed by atoms with Gasteiger partial charge in [0, 0.05) is 36.6 Å². The van der Waals surface area contributed by atoms with Crippen LogP contribution >= 0.6 is 0 Å². The van der Waals surface area contributed by atoms with Crippen molar-refractivity contribution in [1.29, 1.82) is 0 Å². The van der Waals surface area contributed by atoms with Gasteiger partial charge in [-0.3, -0.25) is 14.5 Å². The number of carbonyl (C=O) groups is 1. The van der Waals surface area contributed by atoms with Crippen molar-refractivity contribution in [3.8, 4) is 0 Å². The molecule has 144 valence electrons. The number of halogens is 2. The highest BCUT2D eigenvalue weighted by Gasteiger charge is 2.30. The van der Waals surface area contributed by atoms with E-state index in [9.17, 15) is 13.6 Å². The molecule has 2 unspecified atom stereocenters. The van der Waals surface area contributed by atoms with Crippen LogP contribution in [0.25, 0.3) is 0 Å². The van der Waals surface area contributed by atoms with E-state index in [0.717, 1.165) is 43.5 Å². The summed E-state index contributed by atoms with van der Waals surface area (Å²) >= 11 is 0. The number of carbonyl (C=O) groups excluding carboxylic acids is 1. The predicted molar refractivity (Wildman–Crippen MR) is 100 cm³/mol. The zero-order valence-corrected chi connectivity index (χ0v) is 15.4. The molecule has 1 fully saturated rings. The van der Waals surface area contributed by atoms with Gasteiger partial charge in [0.25, 0.3) is 5.91 Å². The van der Waals surface area contributed by atoms with Crippen LogP contribution in [0.3, 0.4) is 0 Å². The zero-order chi connectivity index (χ0) is 19.6. The molecule has 1 aliphatic rings. The number of nitrogens with two attached hydrogens (primary N) is 1. The molecule has 1 aromatic heterocycles. The quantitative estimate of drug-likeness (QED) is 0.779. The van der Waals surface area contributed by atoms with Crippen LogP contribution in [-0.2, 0) is 0 Å². The molecule has 2 atom stereocenters. The monoisotopic (exact) mass is 375 g/mol. The van der Waals surface area contributed by atoms with Crippen molar-refractivity contribution < 1.29 is 13.6 Å². The van der Waals surface area contributed by atoms with E-state index in [2.05, 4.69) is 15.4 Å². The fourth-order valence-corrected chi connectivity index (χ4v) is 3.63. The van der Waals surface area contributed by atoms with E-state index >= 15 is 0 Å². The first kappa shape index (κ1) is 19.0. The number of nitrogens with one attached hydrogen (secondary N) is 1. The van der Waals surface area contributed by atoms with E-state index in [0.29, 0.717) is 0 Å². The van der Waals surface area contributed by atoms with E-state index in [4.69, 9.17) is 5.73 Å². The number of anilines is 2. The summed E-state index contributed by atoms with van der Waals surface area (Å²) in [5.74, 6) is -2.10. The number of hydrogen-bond donors (Lipinski definition) is 2. The van der Waals surface area contributed by atoms with Crippen LogP contribution in [0.2, 0.25) is 0 Å². The summed E-state index contributed by atoms with van der Waals surface area (Å²) in [6, 6.07) is 3.47. The molecule has 8 heteroatoms. The SMILES string of the molecule is CN=C(C)C1CCCCC1n1cc(C(N)=O)c(Nc2ccc(F)c(F)c2)n1. The third-order valence-electron chi connectivity index (χ3n) is 5.14. The number of benzene rings is 1. The lowest BCUT2D eigenvalue weighted by Crippen LogP contribution is -2.28. The molecule has 0 radical (unpaired) electrons. The summed E-state index contributed by atoms with van der Waals surface area (Å²) in [7, 11) is 1.77. The normalized spacial score (nSPS) is 20.5. The molecule has 0 aliphatic heterocycles. The minimum absolute atomic E-state index is 0.0704. The molecule has 27 heavy (non-hydrogen) atoms. The fraction of sp³-hybridized carbons (Fsp3) is 0.421. The summed E-state index contributed by atoms with van der Waals surface area (Å²) in [6.45, 7) is 2.00. The van der Waals surface area contributed by atoms with Gasteiger partial charge in [0.05, 0.1) is 6.04 Å². The van der Waals surface area contributed by atoms with Crippen LogP contribution in [0.4, 0.5) is 20.3 Å². The second-order valence-electron chi connectivity index (χ2n) is 6.81. The lowest BCUT2D eigenvalue weighted by molar-refractivity contribution is 0.100. The van der Waals surface area contributed by atoms with Crippen LogP contribution in [0.1, 0.15) is 49.0 Å². The Hall–Kier alpha value is -2.77. The molecule has 0 spiro atoms. The van der Waals surface area contributed by atoms with Gasteiger partial charge in [-0.15, -0.1) is 0 Å². The van der Waals surface area contributed by atoms with E-state index < -0.39 is 17.5 Å². The highest BCUT2D eigenvalue weighted by Crippen LogP contribution is 2.36. The van der Waals surface area contributed by atoms with Gasteiger partial charge in [-0.1, -0.05) is 12.8 Å². The molecular formula is C19H23F2N5O. The first-order valence-electron chi connectivity index (χ1n) is 8.95. The summed E-state index contributed by atoms with van der Waals surface area (Å²) < 4.78 is 28.4. The van der Waals surface area contributed by atoms with Gasteiger partial charge in [0.15, 0.2) is 17.5 Å². The van der Waals surface area contributed by atoms with E-state index in [1.54, 1.807) is 17.9 Å². The Labute approximate surface area is 156 Å². The average Bonchev–Trinajstić information content (AvgIpc) is 3.08. The Morgan fingerprint density at radius 2 is 2.04 bits per heavy atom. The van der Waals surface area contributed by atoms with Crippen molar-refractivity contribution in [2.24, 2.45) is 16.6 Å². The molecule has 3 N–H and O–H groups in total. The number of amides is 1. The third kappa shape index (κ3) is 3.99. The Balaban J connectivity index is 1.94. The first-order valence-corrected chi connectivity index (χ1v) is 8.95.